The Morgan fingerprint density at radius 3 is 2.25 bits per heavy atom. The molecule has 0 spiro atoms. The topological polar surface area (TPSA) is 44.9 Å². The maximum Gasteiger partial charge on any atom is 2.00 e. The number of benzene rings is 4. The maximum absolute atomic E-state index is 6.56. The van der Waals surface area contributed by atoms with Crippen LogP contribution in [0.15, 0.2) is 79.3 Å². The third-order valence-electron chi connectivity index (χ3n) is 9.86. The molecule has 244 valence electrons. The molecule has 0 atom stereocenters. The molecule has 0 radical (unpaired) electrons. The molecule has 0 aliphatic carbocycles. The number of ether oxygens (including phenoxy) is 1. The van der Waals surface area contributed by atoms with Crippen LogP contribution >= 0.6 is 0 Å². The predicted octanol–water partition coefficient (Wildman–Crippen LogP) is 10.6. The number of hydrogen-bond acceptors (Lipinski definition) is 3. The third kappa shape index (κ3) is 5.79. The van der Waals surface area contributed by atoms with Crippen molar-refractivity contribution in [3.05, 3.63) is 130 Å². The number of aromatic nitrogens is 4. The van der Waals surface area contributed by atoms with E-state index in [0.29, 0.717) is 17.4 Å². The Labute approximate surface area is 297 Å². The molecule has 0 saturated carbocycles. The second-order valence-corrected chi connectivity index (χ2v) is 12.9. The molecular weight excluding hydrogens is 772 g/mol. The van der Waals surface area contributed by atoms with E-state index in [2.05, 4.69) is 133 Å². The fourth-order valence-electron chi connectivity index (χ4n) is 6.67. The number of nitrogens with zero attached hydrogens (tertiary/aromatic N) is 4. The summed E-state index contributed by atoms with van der Waals surface area (Å²) >= 11 is 0. The van der Waals surface area contributed by atoms with E-state index in [1.807, 2.05) is 23.1 Å². The van der Waals surface area contributed by atoms with Gasteiger partial charge < -0.3 is 9.30 Å². The smallest absolute Gasteiger partial charge is 0.509 e. The van der Waals surface area contributed by atoms with E-state index in [9.17, 15) is 0 Å². The Hall–Kier alpha value is -4.47. The van der Waals surface area contributed by atoms with Crippen LogP contribution in [0.25, 0.3) is 44.4 Å². The average molecular weight is 812 g/mol. The zero-order valence-electron chi connectivity index (χ0n) is 28.8. The normalized spacial score (nSPS) is 11.4. The average Bonchev–Trinajstić information content (AvgIpc) is 3.69. The molecule has 0 saturated heterocycles. The second kappa shape index (κ2) is 13.2. The molecular formula is C42H40N4OPt. The number of para-hydroxylation sites is 1. The van der Waals surface area contributed by atoms with E-state index in [1.165, 1.54) is 38.9 Å². The minimum atomic E-state index is 0. The monoisotopic (exact) mass is 811 g/mol. The largest absolute Gasteiger partial charge is 2.00 e. The molecule has 0 aliphatic heterocycles. The summed E-state index contributed by atoms with van der Waals surface area (Å²) in [6, 6.07) is 28.1. The summed E-state index contributed by atoms with van der Waals surface area (Å²) in [6.07, 6.45) is 6.89. The Kier molecular flexibility index (Phi) is 9.20. The Balaban J connectivity index is 0.00000401. The molecule has 0 N–H and O–H groups in total. The van der Waals surface area contributed by atoms with E-state index in [4.69, 9.17) is 14.8 Å². The van der Waals surface area contributed by atoms with Gasteiger partial charge in [-0.15, -0.1) is 41.3 Å². The van der Waals surface area contributed by atoms with Crippen molar-refractivity contribution >= 4 is 21.8 Å². The molecule has 6 heteroatoms. The van der Waals surface area contributed by atoms with Crippen LogP contribution in [0, 0.1) is 46.8 Å². The summed E-state index contributed by atoms with van der Waals surface area (Å²) in [5.74, 6) is 2.41. The molecule has 7 aromatic rings. The Morgan fingerprint density at radius 2 is 1.52 bits per heavy atom. The van der Waals surface area contributed by atoms with Gasteiger partial charge >= 0.3 is 21.1 Å². The van der Waals surface area contributed by atoms with E-state index in [0.717, 1.165) is 50.9 Å². The van der Waals surface area contributed by atoms with Crippen molar-refractivity contribution < 1.29 is 25.8 Å². The van der Waals surface area contributed by atoms with Gasteiger partial charge in [0.1, 0.15) is 5.82 Å². The van der Waals surface area contributed by atoms with Gasteiger partial charge in [0, 0.05) is 35.0 Å². The minimum absolute atomic E-state index is 0. The van der Waals surface area contributed by atoms with Crippen LogP contribution in [0.4, 0.5) is 0 Å². The summed E-state index contributed by atoms with van der Waals surface area (Å²) in [4.78, 5) is 4.75. The van der Waals surface area contributed by atoms with Crippen molar-refractivity contribution in [3.8, 4) is 34.1 Å². The van der Waals surface area contributed by atoms with Gasteiger partial charge in [-0.05, 0) is 115 Å². The van der Waals surface area contributed by atoms with Gasteiger partial charge in [-0.3, -0.25) is 4.68 Å². The fraction of sp³-hybridized carbons (Fsp3) is 0.238. The molecule has 0 fully saturated rings. The van der Waals surface area contributed by atoms with Crippen LogP contribution < -0.4 is 4.74 Å². The zero-order chi connectivity index (χ0) is 33.0. The maximum atomic E-state index is 6.56. The molecule has 5 nitrogen and oxygen atoms in total. The third-order valence-corrected chi connectivity index (χ3v) is 9.86. The molecule has 4 aromatic carbocycles. The first-order valence-electron chi connectivity index (χ1n) is 16.4. The molecule has 0 bridgehead atoms. The fourth-order valence-corrected chi connectivity index (χ4v) is 6.67. The standard InChI is InChI=1S/C42H40N4O.Pt/c1-9-31-16-17-43-41(18-31)46-39-13-11-10-12-37(39)38-15-14-35(22-40(38)46)47-36-20-32(25(2)3)19-34(21-36)45-24-33(23-44-45)42-29(7)27(5)26(4)28(6)30(42)8;/h10-20,23-25H,9H2,1-8H3;/q-2;+2. The minimum Gasteiger partial charge on any atom is -0.509 e. The van der Waals surface area contributed by atoms with Gasteiger partial charge in [-0.25, -0.2) is 4.98 Å². The first kappa shape index (κ1) is 33.4. The summed E-state index contributed by atoms with van der Waals surface area (Å²) in [6.45, 7) is 17.6. The molecule has 3 aromatic heterocycles. The molecule has 7 rings (SSSR count). The van der Waals surface area contributed by atoms with Gasteiger partial charge in [0.2, 0.25) is 0 Å². The van der Waals surface area contributed by atoms with Crippen LogP contribution in [0.5, 0.6) is 11.5 Å². The van der Waals surface area contributed by atoms with E-state index >= 15 is 0 Å². The molecule has 0 aliphatic rings. The van der Waals surface area contributed by atoms with Crippen molar-refractivity contribution in [3.63, 3.8) is 0 Å². The van der Waals surface area contributed by atoms with Crippen molar-refractivity contribution in [2.45, 2.75) is 67.7 Å². The number of rotatable bonds is 7. The number of pyridine rings is 1. The van der Waals surface area contributed by atoms with Crippen molar-refractivity contribution in [2.75, 3.05) is 0 Å². The zero-order valence-corrected chi connectivity index (χ0v) is 31.1. The van der Waals surface area contributed by atoms with Crippen molar-refractivity contribution in [1.29, 1.82) is 0 Å². The number of fused-ring (bicyclic) bond motifs is 3. The van der Waals surface area contributed by atoms with Gasteiger partial charge in [-0.1, -0.05) is 44.5 Å². The van der Waals surface area contributed by atoms with Gasteiger partial charge in [-0.2, -0.15) is 11.2 Å². The van der Waals surface area contributed by atoms with Crippen LogP contribution in [0.1, 0.15) is 65.6 Å². The van der Waals surface area contributed by atoms with Crippen molar-refractivity contribution in [1.82, 2.24) is 19.3 Å². The van der Waals surface area contributed by atoms with Gasteiger partial charge in [0.05, 0.1) is 6.20 Å². The molecule has 0 amide bonds. The predicted molar refractivity (Wildman–Crippen MR) is 192 cm³/mol. The van der Waals surface area contributed by atoms with Crippen molar-refractivity contribution in [2.24, 2.45) is 0 Å². The summed E-state index contributed by atoms with van der Waals surface area (Å²) in [7, 11) is 0. The van der Waals surface area contributed by atoms with Gasteiger partial charge in [0.25, 0.3) is 0 Å². The second-order valence-electron chi connectivity index (χ2n) is 12.9. The quantitative estimate of drug-likeness (QED) is 0.151. The summed E-state index contributed by atoms with van der Waals surface area (Å²) < 4.78 is 10.7. The van der Waals surface area contributed by atoms with Gasteiger partial charge in [0.15, 0.2) is 0 Å². The number of aryl methyl sites for hydroxylation is 1. The van der Waals surface area contributed by atoms with Crippen LogP contribution in [0.2, 0.25) is 0 Å². The van der Waals surface area contributed by atoms with E-state index in [-0.39, 0.29) is 21.1 Å². The van der Waals surface area contributed by atoms with E-state index < -0.39 is 0 Å². The first-order chi connectivity index (χ1) is 22.6. The molecule has 0 unspecified atom stereocenters. The Bertz CT molecular complexity index is 2280. The van der Waals surface area contributed by atoms with Crippen LogP contribution in [0.3, 0.4) is 0 Å². The first-order valence-corrected chi connectivity index (χ1v) is 16.4. The molecule has 3 heterocycles. The summed E-state index contributed by atoms with van der Waals surface area (Å²) in [5.41, 5.74) is 14.2. The molecule has 48 heavy (non-hydrogen) atoms. The SMILES string of the molecule is CCc1ccnc(-n2c3[c-]c(Oc4[c-]c(-n5cc(-c6c(C)c(C)c(C)c(C)c6C)cn5)cc(C(C)C)c4)ccc3c3ccccc32)c1.[Pt+2]. The summed E-state index contributed by atoms with van der Waals surface area (Å²) in [5, 5.41) is 7.07. The van der Waals surface area contributed by atoms with E-state index in [1.54, 1.807) is 0 Å². The van der Waals surface area contributed by atoms with Crippen LogP contribution in [-0.4, -0.2) is 19.3 Å². The number of hydrogen-bond donors (Lipinski definition) is 0. The Morgan fingerprint density at radius 1 is 0.792 bits per heavy atom. The van der Waals surface area contributed by atoms with Crippen LogP contribution in [-0.2, 0) is 27.5 Å².